The molecular formula is C17H28OS. The van der Waals surface area contributed by atoms with Crippen LogP contribution in [0.25, 0.3) is 0 Å². The zero-order valence-electron chi connectivity index (χ0n) is 12.6. The molecular weight excluding hydrogens is 252 g/mol. The van der Waals surface area contributed by atoms with Gasteiger partial charge >= 0.3 is 0 Å². The Hall–Kier alpha value is -0.340. The summed E-state index contributed by atoms with van der Waals surface area (Å²) >= 11 is 1.75. The molecule has 0 radical (unpaired) electrons. The van der Waals surface area contributed by atoms with Crippen LogP contribution in [0.4, 0.5) is 0 Å². The third-order valence-corrected chi connectivity index (χ3v) is 5.58. The fraction of sp³-hybridized carbons (Fsp3) is 0.765. The standard InChI is InChI=1S/C17H28OS/c1-17(2,3)15-7-5-14(6-8-15)16(18)9-4-13-10-11-19-12-13/h10-12,14-16,18H,4-9H2,1-3H3. The molecule has 0 amide bonds. The van der Waals surface area contributed by atoms with E-state index < -0.39 is 0 Å². The second-order valence-corrected chi connectivity index (χ2v) is 8.00. The van der Waals surface area contributed by atoms with Crippen molar-refractivity contribution in [2.75, 3.05) is 0 Å². The van der Waals surface area contributed by atoms with Crippen molar-refractivity contribution >= 4 is 11.3 Å². The quantitative estimate of drug-likeness (QED) is 0.832. The summed E-state index contributed by atoms with van der Waals surface area (Å²) in [6.07, 6.45) is 6.89. The molecule has 1 unspecified atom stereocenters. The van der Waals surface area contributed by atoms with Gasteiger partial charge in [0.05, 0.1) is 6.10 Å². The monoisotopic (exact) mass is 280 g/mol. The van der Waals surface area contributed by atoms with E-state index in [4.69, 9.17) is 0 Å². The van der Waals surface area contributed by atoms with Gasteiger partial charge in [-0.15, -0.1) is 0 Å². The van der Waals surface area contributed by atoms with Gasteiger partial charge in [0.15, 0.2) is 0 Å². The smallest absolute Gasteiger partial charge is 0.0571 e. The fourth-order valence-corrected chi connectivity index (χ4v) is 4.06. The lowest BCUT2D eigenvalue weighted by Gasteiger charge is -2.38. The van der Waals surface area contributed by atoms with Crippen LogP contribution in [-0.2, 0) is 6.42 Å². The maximum Gasteiger partial charge on any atom is 0.0571 e. The lowest BCUT2D eigenvalue weighted by atomic mass is 9.68. The van der Waals surface area contributed by atoms with Gasteiger partial charge in [-0.25, -0.2) is 0 Å². The molecule has 1 aromatic heterocycles. The highest BCUT2D eigenvalue weighted by atomic mass is 32.1. The third-order valence-electron chi connectivity index (χ3n) is 4.85. The number of hydrogen-bond donors (Lipinski definition) is 1. The van der Waals surface area contributed by atoms with E-state index >= 15 is 0 Å². The molecule has 0 bridgehead atoms. The van der Waals surface area contributed by atoms with Crippen molar-refractivity contribution in [2.24, 2.45) is 17.3 Å². The van der Waals surface area contributed by atoms with E-state index in [0.29, 0.717) is 11.3 Å². The molecule has 19 heavy (non-hydrogen) atoms. The molecule has 2 heteroatoms. The summed E-state index contributed by atoms with van der Waals surface area (Å²) < 4.78 is 0. The molecule has 1 aliphatic carbocycles. The molecule has 1 N–H and O–H groups in total. The van der Waals surface area contributed by atoms with Crippen molar-refractivity contribution in [1.82, 2.24) is 0 Å². The van der Waals surface area contributed by atoms with Crippen LogP contribution in [0.3, 0.4) is 0 Å². The summed E-state index contributed by atoms with van der Waals surface area (Å²) in [7, 11) is 0. The lowest BCUT2D eigenvalue weighted by Crippen LogP contribution is -2.31. The van der Waals surface area contributed by atoms with Crippen LogP contribution in [0.1, 0.15) is 58.4 Å². The molecule has 1 saturated carbocycles. The predicted molar refractivity (Wildman–Crippen MR) is 83.5 cm³/mol. The van der Waals surface area contributed by atoms with Crippen molar-refractivity contribution in [2.45, 2.75) is 65.4 Å². The zero-order chi connectivity index (χ0) is 13.9. The van der Waals surface area contributed by atoms with Gasteiger partial charge in [-0.05, 0) is 78.2 Å². The molecule has 0 aromatic carbocycles. The number of aliphatic hydroxyl groups excluding tert-OH is 1. The number of aryl methyl sites for hydroxylation is 1. The number of aliphatic hydroxyl groups is 1. The molecule has 1 fully saturated rings. The van der Waals surface area contributed by atoms with E-state index in [1.165, 1.54) is 31.2 Å². The Labute approximate surface area is 122 Å². The Balaban J connectivity index is 1.74. The normalized spacial score (nSPS) is 26.3. The highest BCUT2D eigenvalue weighted by Gasteiger charge is 2.32. The summed E-state index contributed by atoms with van der Waals surface area (Å²) in [5, 5.41) is 14.7. The Bertz CT molecular complexity index is 355. The second-order valence-electron chi connectivity index (χ2n) is 7.22. The highest BCUT2D eigenvalue weighted by Crippen LogP contribution is 2.41. The van der Waals surface area contributed by atoms with Crippen LogP contribution in [-0.4, -0.2) is 11.2 Å². The van der Waals surface area contributed by atoms with Crippen LogP contribution >= 0.6 is 11.3 Å². The van der Waals surface area contributed by atoms with Gasteiger partial charge in [0.25, 0.3) is 0 Å². The molecule has 2 rings (SSSR count). The minimum absolute atomic E-state index is 0.0965. The molecule has 108 valence electrons. The maximum atomic E-state index is 10.4. The van der Waals surface area contributed by atoms with Gasteiger partial charge in [-0.2, -0.15) is 11.3 Å². The van der Waals surface area contributed by atoms with Crippen LogP contribution < -0.4 is 0 Å². The first-order valence-electron chi connectivity index (χ1n) is 7.66. The largest absolute Gasteiger partial charge is 0.393 e. The molecule has 0 spiro atoms. The van der Waals surface area contributed by atoms with Crippen molar-refractivity contribution in [3.8, 4) is 0 Å². The molecule has 1 aromatic rings. The number of thiophene rings is 1. The predicted octanol–water partition coefficient (Wildman–Crippen LogP) is 4.89. The van der Waals surface area contributed by atoms with Crippen molar-refractivity contribution in [3.05, 3.63) is 22.4 Å². The van der Waals surface area contributed by atoms with Gasteiger partial charge in [0.1, 0.15) is 0 Å². The average molecular weight is 280 g/mol. The molecule has 0 aliphatic heterocycles. The van der Waals surface area contributed by atoms with Gasteiger partial charge < -0.3 is 5.11 Å². The Kier molecular flexibility index (Phi) is 5.08. The summed E-state index contributed by atoms with van der Waals surface area (Å²) in [6.45, 7) is 7.06. The van der Waals surface area contributed by atoms with Crippen molar-refractivity contribution in [1.29, 1.82) is 0 Å². The molecule has 0 saturated heterocycles. The van der Waals surface area contributed by atoms with Gasteiger partial charge in [0, 0.05) is 0 Å². The molecule has 1 heterocycles. The van der Waals surface area contributed by atoms with Gasteiger partial charge in [-0.3, -0.25) is 0 Å². The summed E-state index contributed by atoms with van der Waals surface area (Å²) in [4.78, 5) is 0. The van der Waals surface area contributed by atoms with Crippen molar-refractivity contribution in [3.63, 3.8) is 0 Å². The second kappa shape index (κ2) is 6.41. The van der Waals surface area contributed by atoms with E-state index in [0.717, 1.165) is 18.8 Å². The number of hydrogen-bond acceptors (Lipinski definition) is 2. The summed E-state index contributed by atoms with van der Waals surface area (Å²) in [6, 6.07) is 2.17. The van der Waals surface area contributed by atoms with Gasteiger partial charge in [0.2, 0.25) is 0 Å². The minimum Gasteiger partial charge on any atom is -0.393 e. The third kappa shape index (κ3) is 4.32. The highest BCUT2D eigenvalue weighted by molar-refractivity contribution is 7.07. The lowest BCUT2D eigenvalue weighted by molar-refractivity contribution is 0.0484. The summed E-state index contributed by atoms with van der Waals surface area (Å²) in [5.41, 5.74) is 1.82. The van der Waals surface area contributed by atoms with E-state index in [9.17, 15) is 5.11 Å². The van der Waals surface area contributed by atoms with Crippen LogP contribution in [0.15, 0.2) is 16.8 Å². The van der Waals surface area contributed by atoms with Gasteiger partial charge in [-0.1, -0.05) is 20.8 Å². The Morgan fingerprint density at radius 2 is 1.95 bits per heavy atom. The van der Waals surface area contributed by atoms with E-state index in [1.807, 2.05) is 0 Å². The van der Waals surface area contributed by atoms with Crippen LogP contribution in [0, 0.1) is 17.3 Å². The minimum atomic E-state index is -0.0965. The van der Waals surface area contributed by atoms with Crippen LogP contribution in [0.2, 0.25) is 0 Å². The first-order valence-corrected chi connectivity index (χ1v) is 8.60. The maximum absolute atomic E-state index is 10.4. The first kappa shape index (κ1) is 15.1. The zero-order valence-corrected chi connectivity index (χ0v) is 13.4. The van der Waals surface area contributed by atoms with Crippen LogP contribution in [0.5, 0.6) is 0 Å². The summed E-state index contributed by atoms with van der Waals surface area (Å²) in [5.74, 6) is 1.38. The van der Waals surface area contributed by atoms with Crippen molar-refractivity contribution < 1.29 is 5.11 Å². The van der Waals surface area contributed by atoms with E-state index in [-0.39, 0.29) is 6.10 Å². The number of rotatable bonds is 4. The Morgan fingerprint density at radius 3 is 2.47 bits per heavy atom. The SMILES string of the molecule is CC(C)(C)C1CCC(C(O)CCc2ccsc2)CC1. The average Bonchev–Trinajstić information content (AvgIpc) is 2.88. The molecule has 1 atom stereocenters. The van der Waals surface area contributed by atoms with E-state index in [2.05, 4.69) is 37.6 Å². The molecule has 1 aliphatic rings. The van der Waals surface area contributed by atoms with E-state index in [1.54, 1.807) is 11.3 Å². The topological polar surface area (TPSA) is 20.2 Å². The molecule has 1 nitrogen and oxygen atoms in total. The fourth-order valence-electron chi connectivity index (χ4n) is 3.36. The Morgan fingerprint density at radius 1 is 1.26 bits per heavy atom. The first-order chi connectivity index (χ1) is 8.97.